The normalized spacial score (nSPS) is 13.4. The molecule has 1 aliphatic rings. The summed E-state index contributed by atoms with van der Waals surface area (Å²) < 4.78 is 1.38. The van der Waals surface area contributed by atoms with Gasteiger partial charge in [0.1, 0.15) is 5.56 Å². The van der Waals surface area contributed by atoms with E-state index < -0.39 is 11.5 Å². The van der Waals surface area contributed by atoms with Gasteiger partial charge >= 0.3 is 5.97 Å². The maximum Gasteiger partial charge on any atom is 0.341 e. The van der Waals surface area contributed by atoms with E-state index in [1.807, 2.05) is 25.1 Å². The Morgan fingerprint density at radius 1 is 1.28 bits per heavy atom. The first-order valence-electron chi connectivity index (χ1n) is 8.28. The van der Waals surface area contributed by atoms with Crippen molar-refractivity contribution in [1.29, 1.82) is 0 Å². The lowest BCUT2D eigenvalue weighted by atomic mass is 9.96. The van der Waals surface area contributed by atoms with Crippen LogP contribution in [0.1, 0.15) is 40.9 Å². The highest BCUT2D eigenvalue weighted by molar-refractivity contribution is 5.89. The molecule has 1 aromatic carbocycles. The number of aromatic carboxylic acids is 1. The molecule has 2 heterocycles. The highest BCUT2D eigenvalue weighted by atomic mass is 16.4. The van der Waals surface area contributed by atoms with E-state index in [2.05, 4.69) is 0 Å². The SMILES string of the molecule is CCc1cccc(-n2cc3c(c(C(=O)O)c2=O)CCN(C(C)=O)C3)c1. The van der Waals surface area contributed by atoms with Crippen LogP contribution in [0.5, 0.6) is 0 Å². The van der Waals surface area contributed by atoms with Crippen molar-refractivity contribution in [3.05, 3.63) is 63.1 Å². The van der Waals surface area contributed by atoms with Crippen molar-refractivity contribution in [2.75, 3.05) is 6.54 Å². The molecule has 0 unspecified atom stereocenters. The molecule has 0 fully saturated rings. The maximum absolute atomic E-state index is 12.8. The number of aromatic nitrogens is 1. The largest absolute Gasteiger partial charge is 0.477 e. The number of carbonyl (C=O) groups is 2. The third-order valence-corrected chi connectivity index (χ3v) is 4.66. The van der Waals surface area contributed by atoms with E-state index >= 15 is 0 Å². The van der Waals surface area contributed by atoms with E-state index in [-0.39, 0.29) is 11.5 Å². The number of nitrogens with zero attached hydrogens (tertiary/aromatic N) is 2. The van der Waals surface area contributed by atoms with Crippen LogP contribution in [0.3, 0.4) is 0 Å². The van der Waals surface area contributed by atoms with Crippen LogP contribution in [0.4, 0.5) is 0 Å². The second-order valence-electron chi connectivity index (χ2n) is 6.20. The Balaban J connectivity index is 2.22. The van der Waals surface area contributed by atoms with Gasteiger partial charge in [0.2, 0.25) is 5.91 Å². The van der Waals surface area contributed by atoms with Crippen molar-refractivity contribution in [3.8, 4) is 5.69 Å². The molecule has 6 nitrogen and oxygen atoms in total. The van der Waals surface area contributed by atoms with E-state index in [1.54, 1.807) is 17.2 Å². The molecule has 6 heteroatoms. The fourth-order valence-electron chi connectivity index (χ4n) is 3.26. The number of pyridine rings is 1. The molecular weight excluding hydrogens is 320 g/mol. The van der Waals surface area contributed by atoms with Crippen LogP contribution in [0, 0.1) is 0 Å². The van der Waals surface area contributed by atoms with Crippen LogP contribution in [0.2, 0.25) is 0 Å². The predicted molar refractivity (Wildman–Crippen MR) is 93.2 cm³/mol. The summed E-state index contributed by atoms with van der Waals surface area (Å²) in [7, 11) is 0. The van der Waals surface area contributed by atoms with Gasteiger partial charge in [0.25, 0.3) is 5.56 Å². The van der Waals surface area contributed by atoms with Crippen molar-refractivity contribution < 1.29 is 14.7 Å². The number of hydrogen-bond donors (Lipinski definition) is 1. The summed E-state index contributed by atoms with van der Waals surface area (Å²) in [6.45, 7) is 4.25. The Kier molecular flexibility index (Phi) is 4.44. The molecule has 0 saturated heterocycles. The number of carbonyl (C=O) groups excluding carboxylic acids is 1. The number of rotatable bonds is 3. The third kappa shape index (κ3) is 3.07. The van der Waals surface area contributed by atoms with Gasteiger partial charge < -0.3 is 10.0 Å². The molecule has 0 radical (unpaired) electrons. The zero-order valence-electron chi connectivity index (χ0n) is 14.3. The van der Waals surface area contributed by atoms with Gasteiger partial charge in [-0.3, -0.25) is 14.2 Å². The van der Waals surface area contributed by atoms with E-state index in [4.69, 9.17) is 0 Å². The minimum absolute atomic E-state index is 0.0618. The van der Waals surface area contributed by atoms with Gasteiger partial charge in [-0.05, 0) is 41.7 Å². The minimum Gasteiger partial charge on any atom is -0.477 e. The first-order chi connectivity index (χ1) is 11.9. The van der Waals surface area contributed by atoms with E-state index in [0.717, 1.165) is 12.0 Å². The summed E-state index contributed by atoms with van der Waals surface area (Å²) in [6.07, 6.45) is 2.87. The van der Waals surface area contributed by atoms with E-state index in [0.29, 0.717) is 36.3 Å². The first kappa shape index (κ1) is 17.0. The molecule has 3 rings (SSSR count). The second-order valence-corrected chi connectivity index (χ2v) is 6.20. The molecular formula is C19H20N2O4. The van der Waals surface area contributed by atoms with Gasteiger partial charge in [-0.2, -0.15) is 0 Å². The molecule has 0 saturated carbocycles. The van der Waals surface area contributed by atoms with Gasteiger partial charge in [0.15, 0.2) is 0 Å². The predicted octanol–water partition coefficient (Wildman–Crippen LogP) is 2.00. The van der Waals surface area contributed by atoms with Crippen molar-refractivity contribution in [2.45, 2.75) is 33.2 Å². The molecule has 1 aromatic heterocycles. The lowest BCUT2D eigenvalue weighted by molar-refractivity contribution is -0.129. The van der Waals surface area contributed by atoms with Crippen molar-refractivity contribution in [2.24, 2.45) is 0 Å². The van der Waals surface area contributed by atoms with Gasteiger partial charge in [0, 0.05) is 31.9 Å². The lowest BCUT2D eigenvalue weighted by Gasteiger charge is -2.29. The molecule has 2 aromatic rings. The summed E-state index contributed by atoms with van der Waals surface area (Å²) >= 11 is 0. The van der Waals surface area contributed by atoms with Crippen LogP contribution in [0.25, 0.3) is 5.69 Å². The number of fused-ring (bicyclic) bond motifs is 1. The third-order valence-electron chi connectivity index (χ3n) is 4.66. The van der Waals surface area contributed by atoms with E-state index in [1.165, 1.54) is 11.5 Å². The topological polar surface area (TPSA) is 79.6 Å². The standard InChI is InChI=1S/C19H20N2O4/c1-3-13-5-4-6-15(9-13)21-11-14-10-20(12(2)22)8-7-16(14)17(18(21)23)19(24)25/h4-6,9,11H,3,7-8,10H2,1-2H3,(H,24,25). The Hall–Kier alpha value is -2.89. The van der Waals surface area contributed by atoms with E-state index in [9.17, 15) is 19.5 Å². The summed E-state index contributed by atoms with van der Waals surface area (Å²) in [4.78, 5) is 37.9. The fourth-order valence-corrected chi connectivity index (χ4v) is 3.26. The van der Waals surface area contributed by atoms with Crippen LogP contribution in [-0.2, 0) is 24.2 Å². The summed E-state index contributed by atoms with van der Waals surface area (Å²) in [5.41, 5.74) is 2.22. The quantitative estimate of drug-likeness (QED) is 0.927. The van der Waals surface area contributed by atoms with Crippen LogP contribution in [0.15, 0.2) is 35.3 Å². The minimum atomic E-state index is -1.22. The first-order valence-corrected chi connectivity index (χ1v) is 8.28. The van der Waals surface area contributed by atoms with Gasteiger partial charge in [-0.15, -0.1) is 0 Å². The van der Waals surface area contributed by atoms with Gasteiger partial charge in [-0.1, -0.05) is 19.1 Å². The molecule has 0 aliphatic carbocycles. The zero-order valence-corrected chi connectivity index (χ0v) is 14.3. The molecule has 0 bridgehead atoms. The maximum atomic E-state index is 12.8. The van der Waals surface area contributed by atoms with Gasteiger partial charge in [-0.25, -0.2) is 4.79 Å². The highest BCUT2D eigenvalue weighted by Gasteiger charge is 2.27. The average Bonchev–Trinajstić information content (AvgIpc) is 2.60. The van der Waals surface area contributed by atoms with Crippen molar-refractivity contribution >= 4 is 11.9 Å². The van der Waals surface area contributed by atoms with Gasteiger partial charge in [0.05, 0.1) is 0 Å². The number of carboxylic acid groups (broad SMARTS) is 1. The monoisotopic (exact) mass is 340 g/mol. The fraction of sp³-hybridized carbons (Fsp3) is 0.316. The Morgan fingerprint density at radius 3 is 2.68 bits per heavy atom. The summed E-state index contributed by atoms with van der Waals surface area (Å²) in [5, 5.41) is 9.57. The molecule has 0 atom stereocenters. The van der Waals surface area contributed by atoms with Crippen LogP contribution >= 0.6 is 0 Å². The highest BCUT2D eigenvalue weighted by Crippen LogP contribution is 2.22. The number of carboxylic acids is 1. The molecule has 1 aliphatic heterocycles. The average molecular weight is 340 g/mol. The second kappa shape index (κ2) is 6.55. The Morgan fingerprint density at radius 2 is 2.04 bits per heavy atom. The molecule has 25 heavy (non-hydrogen) atoms. The van der Waals surface area contributed by atoms with Crippen molar-refractivity contribution in [1.82, 2.24) is 9.47 Å². The Bertz CT molecular complexity index is 914. The zero-order chi connectivity index (χ0) is 18.1. The summed E-state index contributed by atoms with van der Waals surface area (Å²) in [6, 6.07) is 7.47. The number of amides is 1. The molecule has 1 N–H and O–H groups in total. The molecule has 0 spiro atoms. The number of aryl methyl sites for hydroxylation is 1. The van der Waals surface area contributed by atoms with Crippen LogP contribution < -0.4 is 5.56 Å². The molecule has 130 valence electrons. The van der Waals surface area contributed by atoms with Crippen LogP contribution in [-0.4, -0.2) is 33.0 Å². The van der Waals surface area contributed by atoms with Crippen molar-refractivity contribution in [3.63, 3.8) is 0 Å². The Labute approximate surface area is 145 Å². The number of hydrogen-bond acceptors (Lipinski definition) is 3. The lowest BCUT2D eigenvalue weighted by Crippen LogP contribution is -2.38. The smallest absolute Gasteiger partial charge is 0.341 e. The molecule has 1 amide bonds. The summed E-state index contributed by atoms with van der Waals surface area (Å²) in [5.74, 6) is -1.29. The number of benzene rings is 1.